The highest BCUT2D eigenvalue weighted by Crippen LogP contribution is 2.22. The highest BCUT2D eigenvalue weighted by atomic mass is 16.5. The summed E-state index contributed by atoms with van der Waals surface area (Å²) in [5.41, 5.74) is 9.79. The van der Waals surface area contributed by atoms with Crippen molar-refractivity contribution in [1.29, 1.82) is 0 Å². The lowest BCUT2D eigenvalue weighted by atomic mass is 9.96. The highest BCUT2D eigenvalue weighted by molar-refractivity contribution is 5.38. The summed E-state index contributed by atoms with van der Waals surface area (Å²) in [4.78, 5) is 12.6. The molecule has 2 N–H and O–H groups in total. The molecule has 0 fully saturated rings. The summed E-state index contributed by atoms with van der Waals surface area (Å²) in [6, 6.07) is 9.11. The molecule has 0 spiro atoms. The van der Waals surface area contributed by atoms with E-state index in [1.54, 1.807) is 11.7 Å². The van der Waals surface area contributed by atoms with Gasteiger partial charge in [0.15, 0.2) is 0 Å². The molecule has 0 aliphatic heterocycles. The first-order chi connectivity index (χ1) is 9.99. The molecular weight excluding hydrogens is 264 g/mol. The molecule has 1 atom stereocenters. The number of hydrogen-bond donors (Lipinski definition) is 1. The smallest absolute Gasteiger partial charge is 0.256 e. The van der Waals surface area contributed by atoms with Gasteiger partial charge in [-0.1, -0.05) is 12.1 Å². The minimum absolute atomic E-state index is 0.00156. The monoisotopic (exact) mass is 286 g/mol. The zero-order valence-electron chi connectivity index (χ0n) is 13.0. The summed E-state index contributed by atoms with van der Waals surface area (Å²) in [5, 5.41) is 0. The van der Waals surface area contributed by atoms with Crippen molar-refractivity contribution in [2.75, 3.05) is 7.11 Å². The second kappa shape index (κ2) is 6.14. The molecule has 2 rings (SSSR count). The third kappa shape index (κ3) is 2.85. The van der Waals surface area contributed by atoms with Crippen molar-refractivity contribution >= 4 is 0 Å². The quantitative estimate of drug-likeness (QED) is 0.939. The van der Waals surface area contributed by atoms with Crippen molar-refractivity contribution in [1.82, 2.24) is 4.57 Å². The third-order valence-electron chi connectivity index (χ3n) is 3.85. The van der Waals surface area contributed by atoms with Crippen molar-refractivity contribution in [3.63, 3.8) is 0 Å². The van der Waals surface area contributed by atoms with E-state index in [0.29, 0.717) is 12.1 Å². The zero-order chi connectivity index (χ0) is 15.6. The number of aryl methyl sites for hydroxylation is 2. The Morgan fingerprint density at radius 1 is 1.24 bits per heavy atom. The Kier molecular flexibility index (Phi) is 4.48. The van der Waals surface area contributed by atoms with Gasteiger partial charge in [0.25, 0.3) is 5.56 Å². The molecular formula is C17H22N2O2. The predicted octanol–water partition coefficient (Wildman–Crippen LogP) is 2.54. The van der Waals surface area contributed by atoms with Gasteiger partial charge < -0.3 is 15.0 Å². The van der Waals surface area contributed by atoms with Gasteiger partial charge in [-0.25, -0.2) is 0 Å². The average molecular weight is 286 g/mol. The van der Waals surface area contributed by atoms with E-state index in [4.69, 9.17) is 10.5 Å². The summed E-state index contributed by atoms with van der Waals surface area (Å²) in [6.07, 6.45) is 0. The summed E-state index contributed by atoms with van der Waals surface area (Å²) in [6.45, 7) is 6.49. The van der Waals surface area contributed by atoms with Gasteiger partial charge in [-0.05, 0) is 50.1 Å². The fourth-order valence-electron chi connectivity index (χ4n) is 2.69. The third-order valence-corrected chi connectivity index (χ3v) is 3.85. The normalized spacial score (nSPS) is 12.2. The van der Waals surface area contributed by atoms with Gasteiger partial charge in [0.1, 0.15) is 5.75 Å². The molecule has 1 heterocycles. The molecule has 112 valence electrons. The Bertz CT molecular complexity index is 687. The molecule has 0 aliphatic rings. The molecule has 0 saturated heterocycles. The molecule has 0 aliphatic carbocycles. The summed E-state index contributed by atoms with van der Waals surface area (Å²) in [5.74, 6) is 0.776. The van der Waals surface area contributed by atoms with Gasteiger partial charge in [-0.15, -0.1) is 0 Å². The van der Waals surface area contributed by atoms with Crippen LogP contribution in [0.25, 0.3) is 0 Å². The second-order valence-corrected chi connectivity index (χ2v) is 5.18. The lowest BCUT2D eigenvalue weighted by Crippen LogP contribution is -2.31. The SMILES string of the molecule is CCn1c(C)cc(C)c(C(N)c2ccc(OC)cc2)c1=O. The van der Waals surface area contributed by atoms with E-state index in [9.17, 15) is 4.79 Å². The first kappa shape index (κ1) is 15.3. The highest BCUT2D eigenvalue weighted by Gasteiger charge is 2.18. The maximum atomic E-state index is 12.6. The topological polar surface area (TPSA) is 57.2 Å². The molecule has 1 aromatic carbocycles. The van der Waals surface area contributed by atoms with Crippen LogP contribution in [0.2, 0.25) is 0 Å². The van der Waals surface area contributed by atoms with E-state index in [0.717, 1.165) is 22.6 Å². The van der Waals surface area contributed by atoms with Crippen LogP contribution in [0, 0.1) is 13.8 Å². The Hall–Kier alpha value is -2.07. The lowest BCUT2D eigenvalue weighted by Gasteiger charge is -2.18. The molecule has 2 aromatic rings. The fraction of sp³-hybridized carbons (Fsp3) is 0.353. The van der Waals surface area contributed by atoms with E-state index in [1.807, 2.05) is 51.1 Å². The first-order valence-corrected chi connectivity index (χ1v) is 7.10. The maximum Gasteiger partial charge on any atom is 0.256 e. The van der Waals surface area contributed by atoms with Crippen molar-refractivity contribution in [2.24, 2.45) is 5.73 Å². The number of benzene rings is 1. The van der Waals surface area contributed by atoms with Crippen molar-refractivity contribution in [3.8, 4) is 5.75 Å². The Labute approximate surface area is 125 Å². The first-order valence-electron chi connectivity index (χ1n) is 7.10. The number of nitrogens with zero attached hydrogens (tertiary/aromatic N) is 1. The number of methoxy groups -OCH3 is 1. The number of pyridine rings is 1. The number of rotatable bonds is 4. The average Bonchev–Trinajstić information content (AvgIpc) is 2.47. The number of aromatic nitrogens is 1. The van der Waals surface area contributed by atoms with Gasteiger partial charge in [-0.3, -0.25) is 4.79 Å². The number of nitrogens with two attached hydrogens (primary N) is 1. The van der Waals surface area contributed by atoms with E-state index >= 15 is 0 Å². The van der Waals surface area contributed by atoms with Crippen LogP contribution in [0.3, 0.4) is 0 Å². The Balaban J connectivity index is 2.52. The number of hydrogen-bond acceptors (Lipinski definition) is 3. The minimum Gasteiger partial charge on any atom is -0.497 e. The largest absolute Gasteiger partial charge is 0.497 e. The van der Waals surface area contributed by atoms with Crippen molar-refractivity contribution < 1.29 is 4.74 Å². The van der Waals surface area contributed by atoms with Crippen LogP contribution in [0.1, 0.15) is 35.3 Å². The molecule has 0 saturated carbocycles. The van der Waals surface area contributed by atoms with E-state index in [2.05, 4.69) is 0 Å². The van der Waals surface area contributed by atoms with E-state index in [1.165, 1.54) is 0 Å². The standard InChI is InChI=1S/C17H22N2O2/c1-5-19-12(3)10-11(2)15(17(19)20)16(18)13-6-8-14(21-4)9-7-13/h6-10,16H,5,18H2,1-4H3. The molecule has 4 heteroatoms. The predicted molar refractivity (Wildman–Crippen MR) is 84.9 cm³/mol. The molecule has 0 amide bonds. The molecule has 4 nitrogen and oxygen atoms in total. The summed E-state index contributed by atoms with van der Waals surface area (Å²) < 4.78 is 6.90. The molecule has 0 bridgehead atoms. The van der Waals surface area contributed by atoms with Crippen LogP contribution in [-0.4, -0.2) is 11.7 Å². The van der Waals surface area contributed by atoms with Crippen LogP contribution in [0.4, 0.5) is 0 Å². The van der Waals surface area contributed by atoms with Crippen molar-refractivity contribution in [3.05, 3.63) is 63.1 Å². The second-order valence-electron chi connectivity index (χ2n) is 5.18. The van der Waals surface area contributed by atoms with Crippen LogP contribution in [-0.2, 0) is 6.54 Å². The maximum absolute atomic E-state index is 12.6. The molecule has 1 aromatic heterocycles. The molecule has 21 heavy (non-hydrogen) atoms. The minimum atomic E-state index is -0.429. The molecule has 0 radical (unpaired) electrons. The fourth-order valence-corrected chi connectivity index (χ4v) is 2.69. The van der Waals surface area contributed by atoms with E-state index in [-0.39, 0.29) is 5.56 Å². The van der Waals surface area contributed by atoms with Gasteiger partial charge in [0.2, 0.25) is 0 Å². The van der Waals surface area contributed by atoms with Crippen molar-refractivity contribution in [2.45, 2.75) is 33.4 Å². The Morgan fingerprint density at radius 3 is 2.38 bits per heavy atom. The van der Waals surface area contributed by atoms with Gasteiger partial charge >= 0.3 is 0 Å². The van der Waals surface area contributed by atoms with Gasteiger partial charge in [0.05, 0.1) is 13.2 Å². The van der Waals surface area contributed by atoms with Crippen LogP contribution in [0.15, 0.2) is 35.1 Å². The van der Waals surface area contributed by atoms with Crippen LogP contribution in [0.5, 0.6) is 5.75 Å². The zero-order valence-corrected chi connectivity index (χ0v) is 13.0. The summed E-state index contributed by atoms with van der Waals surface area (Å²) in [7, 11) is 1.62. The lowest BCUT2D eigenvalue weighted by molar-refractivity contribution is 0.414. The van der Waals surface area contributed by atoms with Crippen LogP contribution >= 0.6 is 0 Å². The summed E-state index contributed by atoms with van der Waals surface area (Å²) >= 11 is 0. The Morgan fingerprint density at radius 2 is 1.86 bits per heavy atom. The van der Waals surface area contributed by atoms with Gasteiger partial charge in [-0.2, -0.15) is 0 Å². The van der Waals surface area contributed by atoms with Gasteiger partial charge in [0, 0.05) is 17.8 Å². The van der Waals surface area contributed by atoms with Crippen LogP contribution < -0.4 is 16.0 Å². The molecule has 1 unspecified atom stereocenters. The van der Waals surface area contributed by atoms with E-state index < -0.39 is 6.04 Å². The number of ether oxygens (including phenoxy) is 1.